The van der Waals surface area contributed by atoms with Gasteiger partial charge in [-0.1, -0.05) is 36.4 Å². The third-order valence-electron chi connectivity index (χ3n) is 2.55. The van der Waals surface area contributed by atoms with Crippen molar-refractivity contribution in [1.82, 2.24) is 10.2 Å². The molecule has 3 nitrogen and oxygen atoms in total. The van der Waals surface area contributed by atoms with E-state index >= 15 is 0 Å². The van der Waals surface area contributed by atoms with E-state index in [0.29, 0.717) is 11.8 Å². The summed E-state index contributed by atoms with van der Waals surface area (Å²) in [6, 6.07) is 14.2. The summed E-state index contributed by atoms with van der Waals surface area (Å²) in [5.74, 6) is 1.16. The van der Waals surface area contributed by atoms with Gasteiger partial charge in [-0.05, 0) is 16.8 Å². The molecule has 0 saturated heterocycles. The van der Waals surface area contributed by atoms with Gasteiger partial charge in [0.25, 0.3) is 0 Å². The summed E-state index contributed by atoms with van der Waals surface area (Å²) in [7, 11) is 0. The van der Waals surface area contributed by atoms with Gasteiger partial charge in [-0.25, -0.2) is 0 Å². The van der Waals surface area contributed by atoms with Crippen LogP contribution in [-0.4, -0.2) is 10.2 Å². The number of fused-ring (bicyclic) bond motifs is 1. The van der Waals surface area contributed by atoms with E-state index in [0.717, 1.165) is 10.9 Å². The predicted octanol–water partition coefficient (Wildman–Crippen LogP) is 3.20. The van der Waals surface area contributed by atoms with Crippen LogP contribution in [0.15, 0.2) is 46.9 Å². The van der Waals surface area contributed by atoms with Gasteiger partial charge in [0.1, 0.15) is 0 Å². The molecule has 0 N–H and O–H groups in total. The molecule has 0 atom stereocenters. The van der Waals surface area contributed by atoms with Crippen molar-refractivity contribution in [2.24, 2.45) is 0 Å². The summed E-state index contributed by atoms with van der Waals surface area (Å²) in [4.78, 5) is 0. The lowest BCUT2D eigenvalue weighted by Crippen LogP contribution is -1.80. The van der Waals surface area contributed by atoms with Gasteiger partial charge in [0.15, 0.2) is 0 Å². The SMILES string of the molecule is Cc1nnc(-c2cccc3ccccc23)o1. The topological polar surface area (TPSA) is 38.9 Å². The van der Waals surface area contributed by atoms with Crippen LogP contribution < -0.4 is 0 Å². The first-order valence-corrected chi connectivity index (χ1v) is 5.13. The van der Waals surface area contributed by atoms with Crippen LogP contribution in [0.4, 0.5) is 0 Å². The lowest BCUT2D eigenvalue weighted by atomic mass is 10.0. The van der Waals surface area contributed by atoms with Crippen molar-refractivity contribution in [2.45, 2.75) is 6.92 Å². The minimum absolute atomic E-state index is 0.578. The molecule has 3 aromatic rings. The molecular weight excluding hydrogens is 200 g/mol. The highest BCUT2D eigenvalue weighted by Crippen LogP contribution is 2.27. The van der Waals surface area contributed by atoms with E-state index in [9.17, 15) is 0 Å². The van der Waals surface area contributed by atoms with Gasteiger partial charge in [-0.2, -0.15) is 0 Å². The average Bonchev–Trinajstić information content (AvgIpc) is 2.75. The normalized spacial score (nSPS) is 10.8. The van der Waals surface area contributed by atoms with Gasteiger partial charge in [0, 0.05) is 12.5 Å². The summed E-state index contributed by atoms with van der Waals surface area (Å²) in [5, 5.41) is 10.2. The highest BCUT2D eigenvalue weighted by molar-refractivity contribution is 5.94. The number of nitrogens with zero attached hydrogens (tertiary/aromatic N) is 2. The Kier molecular flexibility index (Phi) is 1.96. The van der Waals surface area contributed by atoms with Crippen molar-refractivity contribution in [3.8, 4) is 11.5 Å². The molecule has 0 aliphatic rings. The first kappa shape index (κ1) is 9.09. The summed E-state index contributed by atoms with van der Waals surface area (Å²) in [6.07, 6.45) is 0. The number of hydrogen-bond donors (Lipinski definition) is 0. The number of aromatic nitrogens is 2. The Bertz CT molecular complexity index is 638. The molecule has 0 unspecified atom stereocenters. The molecule has 78 valence electrons. The van der Waals surface area contributed by atoms with Gasteiger partial charge in [0.05, 0.1) is 0 Å². The van der Waals surface area contributed by atoms with Crippen molar-refractivity contribution in [3.05, 3.63) is 48.4 Å². The van der Waals surface area contributed by atoms with E-state index in [4.69, 9.17) is 4.42 Å². The van der Waals surface area contributed by atoms with Crippen LogP contribution in [0.3, 0.4) is 0 Å². The second-order valence-corrected chi connectivity index (χ2v) is 3.65. The summed E-state index contributed by atoms with van der Waals surface area (Å²) < 4.78 is 5.46. The highest BCUT2D eigenvalue weighted by atomic mass is 16.4. The standard InChI is InChI=1S/C13H10N2O/c1-9-14-15-13(16-9)12-8-4-6-10-5-2-3-7-11(10)12/h2-8H,1H3. The lowest BCUT2D eigenvalue weighted by molar-refractivity contribution is 0.533. The van der Waals surface area contributed by atoms with Crippen molar-refractivity contribution < 1.29 is 4.42 Å². The molecule has 3 rings (SSSR count). The van der Waals surface area contributed by atoms with Crippen LogP contribution in [0.25, 0.3) is 22.2 Å². The molecule has 1 aromatic heterocycles. The van der Waals surface area contributed by atoms with Crippen LogP contribution >= 0.6 is 0 Å². The highest BCUT2D eigenvalue weighted by Gasteiger charge is 2.08. The molecule has 2 aromatic carbocycles. The van der Waals surface area contributed by atoms with E-state index < -0.39 is 0 Å². The van der Waals surface area contributed by atoms with E-state index in [1.165, 1.54) is 5.39 Å². The third kappa shape index (κ3) is 1.37. The fourth-order valence-electron chi connectivity index (χ4n) is 1.82. The monoisotopic (exact) mass is 210 g/mol. The van der Waals surface area contributed by atoms with Crippen LogP contribution in [0.2, 0.25) is 0 Å². The zero-order valence-electron chi connectivity index (χ0n) is 8.84. The molecule has 1 heterocycles. The Hall–Kier alpha value is -2.16. The molecule has 0 radical (unpaired) electrons. The number of rotatable bonds is 1. The molecule has 0 aliphatic carbocycles. The Morgan fingerprint density at radius 3 is 2.56 bits per heavy atom. The minimum Gasteiger partial charge on any atom is -0.421 e. The first-order valence-electron chi connectivity index (χ1n) is 5.13. The van der Waals surface area contributed by atoms with E-state index in [1.54, 1.807) is 6.92 Å². The molecule has 0 fully saturated rings. The fourth-order valence-corrected chi connectivity index (χ4v) is 1.82. The maximum atomic E-state index is 5.46. The predicted molar refractivity (Wildman–Crippen MR) is 62.0 cm³/mol. The molecule has 0 amide bonds. The van der Waals surface area contributed by atoms with Crippen LogP contribution in [-0.2, 0) is 0 Å². The van der Waals surface area contributed by atoms with Crippen molar-refractivity contribution in [1.29, 1.82) is 0 Å². The second kappa shape index (κ2) is 3.45. The molecule has 0 bridgehead atoms. The fraction of sp³-hybridized carbons (Fsp3) is 0.0769. The summed E-state index contributed by atoms with van der Waals surface area (Å²) in [6.45, 7) is 1.79. The van der Waals surface area contributed by atoms with Crippen LogP contribution in [0.1, 0.15) is 5.89 Å². The van der Waals surface area contributed by atoms with Crippen molar-refractivity contribution in [3.63, 3.8) is 0 Å². The number of aryl methyl sites for hydroxylation is 1. The molecule has 16 heavy (non-hydrogen) atoms. The van der Waals surface area contributed by atoms with E-state index in [-0.39, 0.29) is 0 Å². The largest absolute Gasteiger partial charge is 0.421 e. The van der Waals surface area contributed by atoms with E-state index in [2.05, 4.69) is 28.4 Å². The molecule has 0 aliphatic heterocycles. The van der Waals surface area contributed by atoms with Gasteiger partial charge in [0.2, 0.25) is 11.8 Å². The van der Waals surface area contributed by atoms with Crippen LogP contribution in [0.5, 0.6) is 0 Å². The summed E-state index contributed by atoms with van der Waals surface area (Å²) in [5.41, 5.74) is 0.985. The Morgan fingerprint density at radius 1 is 0.938 bits per heavy atom. The van der Waals surface area contributed by atoms with Crippen LogP contribution in [0, 0.1) is 6.92 Å². The van der Waals surface area contributed by atoms with Gasteiger partial charge >= 0.3 is 0 Å². The lowest BCUT2D eigenvalue weighted by Gasteiger charge is -2.01. The first-order chi connectivity index (χ1) is 7.84. The maximum Gasteiger partial charge on any atom is 0.248 e. The van der Waals surface area contributed by atoms with Crippen molar-refractivity contribution >= 4 is 10.8 Å². The number of benzene rings is 2. The Balaban J connectivity index is 2.31. The quantitative estimate of drug-likeness (QED) is 0.619. The number of hydrogen-bond acceptors (Lipinski definition) is 3. The smallest absolute Gasteiger partial charge is 0.248 e. The van der Waals surface area contributed by atoms with E-state index in [1.807, 2.05) is 24.3 Å². The average molecular weight is 210 g/mol. The van der Waals surface area contributed by atoms with Crippen molar-refractivity contribution in [2.75, 3.05) is 0 Å². The third-order valence-corrected chi connectivity index (χ3v) is 2.55. The Morgan fingerprint density at radius 2 is 1.75 bits per heavy atom. The molecule has 0 saturated carbocycles. The minimum atomic E-state index is 0.578. The van der Waals surface area contributed by atoms with Gasteiger partial charge < -0.3 is 4.42 Å². The Labute approximate surface area is 92.7 Å². The second-order valence-electron chi connectivity index (χ2n) is 3.65. The zero-order chi connectivity index (χ0) is 11.0. The molecular formula is C13H10N2O. The maximum absolute atomic E-state index is 5.46. The molecule has 0 spiro atoms. The zero-order valence-corrected chi connectivity index (χ0v) is 8.84. The van der Waals surface area contributed by atoms with Gasteiger partial charge in [-0.15, -0.1) is 10.2 Å². The van der Waals surface area contributed by atoms with Gasteiger partial charge in [-0.3, -0.25) is 0 Å². The molecule has 3 heteroatoms. The summed E-state index contributed by atoms with van der Waals surface area (Å²) >= 11 is 0.